The SMILES string of the molecule is COc1cc(C(=O)N2CCCC(C)C2C)ccc1N. The summed E-state index contributed by atoms with van der Waals surface area (Å²) in [5.74, 6) is 1.18. The molecule has 1 aromatic rings. The summed E-state index contributed by atoms with van der Waals surface area (Å²) >= 11 is 0. The number of piperidine rings is 1. The molecule has 2 N–H and O–H groups in total. The molecule has 0 aromatic heterocycles. The molecule has 0 spiro atoms. The predicted molar refractivity (Wildman–Crippen MR) is 76.3 cm³/mol. The van der Waals surface area contributed by atoms with E-state index in [0.29, 0.717) is 22.9 Å². The van der Waals surface area contributed by atoms with Gasteiger partial charge in [-0.15, -0.1) is 0 Å². The Hall–Kier alpha value is -1.71. The van der Waals surface area contributed by atoms with Crippen LogP contribution in [0.15, 0.2) is 18.2 Å². The summed E-state index contributed by atoms with van der Waals surface area (Å²) in [5, 5.41) is 0. The van der Waals surface area contributed by atoms with Crippen molar-refractivity contribution < 1.29 is 9.53 Å². The highest BCUT2D eigenvalue weighted by molar-refractivity contribution is 5.95. The highest BCUT2D eigenvalue weighted by Gasteiger charge is 2.29. The van der Waals surface area contributed by atoms with E-state index in [1.165, 1.54) is 6.42 Å². The fraction of sp³-hybridized carbons (Fsp3) is 0.533. The summed E-state index contributed by atoms with van der Waals surface area (Å²) in [7, 11) is 1.56. The molecule has 2 unspecified atom stereocenters. The monoisotopic (exact) mass is 262 g/mol. The van der Waals surface area contributed by atoms with E-state index in [1.807, 2.05) is 4.90 Å². The maximum atomic E-state index is 12.6. The largest absolute Gasteiger partial charge is 0.495 e. The lowest BCUT2D eigenvalue weighted by Crippen LogP contribution is -2.46. The molecule has 0 bridgehead atoms. The van der Waals surface area contributed by atoms with Crippen LogP contribution in [0.1, 0.15) is 37.0 Å². The van der Waals surface area contributed by atoms with Crippen LogP contribution >= 0.6 is 0 Å². The molecule has 1 saturated heterocycles. The second-order valence-corrected chi connectivity index (χ2v) is 5.32. The van der Waals surface area contributed by atoms with Gasteiger partial charge in [-0.2, -0.15) is 0 Å². The number of carbonyl (C=O) groups is 1. The molecule has 1 aliphatic rings. The quantitative estimate of drug-likeness (QED) is 0.833. The van der Waals surface area contributed by atoms with Gasteiger partial charge in [0.05, 0.1) is 12.8 Å². The number of carbonyl (C=O) groups excluding carboxylic acids is 1. The molecule has 1 fully saturated rings. The number of nitrogens with zero attached hydrogens (tertiary/aromatic N) is 1. The summed E-state index contributed by atoms with van der Waals surface area (Å²) in [6.07, 6.45) is 2.26. The van der Waals surface area contributed by atoms with Crippen LogP contribution in [0.2, 0.25) is 0 Å². The number of hydrogen-bond donors (Lipinski definition) is 1. The zero-order chi connectivity index (χ0) is 14.0. The van der Waals surface area contributed by atoms with E-state index in [9.17, 15) is 4.79 Å². The summed E-state index contributed by atoms with van der Waals surface area (Å²) in [6, 6.07) is 5.50. The first kappa shape index (κ1) is 13.7. The van der Waals surface area contributed by atoms with Gasteiger partial charge in [0, 0.05) is 18.2 Å². The summed E-state index contributed by atoms with van der Waals surface area (Å²) < 4.78 is 5.18. The molecule has 0 radical (unpaired) electrons. The standard InChI is InChI=1S/C15H22N2O2/c1-10-5-4-8-17(11(10)2)15(18)12-6-7-13(16)14(9-12)19-3/h6-7,9-11H,4-5,8,16H2,1-3H3. The zero-order valence-corrected chi connectivity index (χ0v) is 11.8. The minimum Gasteiger partial charge on any atom is -0.495 e. The lowest BCUT2D eigenvalue weighted by atomic mass is 9.91. The first-order chi connectivity index (χ1) is 9.04. The Kier molecular flexibility index (Phi) is 3.98. The second kappa shape index (κ2) is 5.51. The molecule has 1 amide bonds. The van der Waals surface area contributed by atoms with Crippen LogP contribution < -0.4 is 10.5 Å². The van der Waals surface area contributed by atoms with Gasteiger partial charge in [0.1, 0.15) is 5.75 Å². The van der Waals surface area contributed by atoms with Crippen molar-refractivity contribution in [2.75, 3.05) is 19.4 Å². The maximum absolute atomic E-state index is 12.6. The average molecular weight is 262 g/mol. The minimum absolute atomic E-state index is 0.0670. The molecule has 4 heteroatoms. The van der Waals surface area contributed by atoms with Crippen LogP contribution in [-0.2, 0) is 0 Å². The topological polar surface area (TPSA) is 55.6 Å². The van der Waals surface area contributed by atoms with Crippen LogP contribution in [0.3, 0.4) is 0 Å². The Morgan fingerprint density at radius 2 is 2.16 bits per heavy atom. The van der Waals surface area contributed by atoms with Gasteiger partial charge in [0.2, 0.25) is 0 Å². The Balaban J connectivity index is 2.23. The van der Waals surface area contributed by atoms with Crippen molar-refractivity contribution in [1.29, 1.82) is 0 Å². The molecule has 4 nitrogen and oxygen atoms in total. The third-order valence-corrected chi connectivity index (χ3v) is 4.11. The highest BCUT2D eigenvalue weighted by atomic mass is 16.5. The smallest absolute Gasteiger partial charge is 0.254 e. The van der Waals surface area contributed by atoms with Crippen LogP contribution in [-0.4, -0.2) is 30.5 Å². The Morgan fingerprint density at radius 3 is 2.84 bits per heavy atom. The number of ether oxygens (including phenoxy) is 1. The Bertz CT molecular complexity index is 473. The van der Waals surface area contributed by atoms with Crippen molar-refractivity contribution in [2.24, 2.45) is 5.92 Å². The van der Waals surface area contributed by atoms with Crippen molar-refractivity contribution in [3.63, 3.8) is 0 Å². The highest BCUT2D eigenvalue weighted by Crippen LogP contribution is 2.27. The second-order valence-electron chi connectivity index (χ2n) is 5.32. The van der Waals surface area contributed by atoms with Crippen molar-refractivity contribution >= 4 is 11.6 Å². The van der Waals surface area contributed by atoms with Gasteiger partial charge in [-0.1, -0.05) is 6.92 Å². The van der Waals surface area contributed by atoms with Gasteiger partial charge in [-0.25, -0.2) is 0 Å². The minimum atomic E-state index is 0.0670. The van der Waals surface area contributed by atoms with E-state index in [4.69, 9.17) is 10.5 Å². The predicted octanol–water partition coefficient (Wildman–Crippen LogP) is 2.54. The molecule has 0 saturated carbocycles. The van der Waals surface area contributed by atoms with Crippen LogP contribution in [0.25, 0.3) is 0 Å². The maximum Gasteiger partial charge on any atom is 0.254 e. The third kappa shape index (κ3) is 2.67. The van der Waals surface area contributed by atoms with E-state index < -0.39 is 0 Å². The summed E-state index contributed by atoms with van der Waals surface area (Å²) in [4.78, 5) is 14.5. The van der Waals surface area contributed by atoms with Crippen LogP contribution in [0, 0.1) is 5.92 Å². The molecule has 2 atom stereocenters. The van der Waals surface area contributed by atoms with Gasteiger partial charge in [-0.3, -0.25) is 4.79 Å². The first-order valence-corrected chi connectivity index (χ1v) is 6.79. The Morgan fingerprint density at radius 1 is 1.42 bits per heavy atom. The Labute approximate surface area is 114 Å². The first-order valence-electron chi connectivity index (χ1n) is 6.79. The van der Waals surface area contributed by atoms with Gasteiger partial charge < -0.3 is 15.4 Å². The number of hydrogen-bond acceptors (Lipinski definition) is 3. The lowest BCUT2D eigenvalue weighted by Gasteiger charge is -2.38. The summed E-state index contributed by atoms with van der Waals surface area (Å²) in [5.41, 5.74) is 6.98. The van der Waals surface area contributed by atoms with Crippen molar-refractivity contribution in [2.45, 2.75) is 32.7 Å². The lowest BCUT2D eigenvalue weighted by molar-refractivity contribution is 0.0550. The van der Waals surface area contributed by atoms with E-state index in [2.05, 4.69) is 13.8 Å². The molecule has 1 heterocycles. The molecular formula is C15H22N2O2. The van der Waals surface area contributed by atoms with Crippen molar-refractivity contribution in [1.82, 2.24) is 4.90 Å². The summed E-state index contributed by atoms with van der Waals surface area (Å²) in [6.45, 7) is 5.15. The zero-order valence-electron chi connectivity index (χ0n) is 11.8. The van der Waals surface area contributed by atoms with E-state index in [0.717, 1.165) is 13.0 Å². The van der Waals surface area contributed by atoms with Crippen LogP contribution in [0.4, 0.5) is 5.69 Å². The van der Waals surface area contributed by atoms with Gasteiger partial charge in [0.25, 0.3) is 5.91 Å². The molecule has 19 heavy (non-hydrogen) atoms. The fourth-order valence-electron chi connectivity index (χ4n) is 2.63. The molecule has 1 aliphatic heterocycles. The van der Waals surface area contributed by atoms with Gasteiger partial charge in [-0.05, 0) is 43.9 Å². The number of nitrogen functional groups attached to an aromatic ring is 1. The number of benzene rings is 1. The normalized spacial score (nSPS) is 23.2. The molecule has 0 aliphatic carbocycles. The molecule has 104 valence electrons. The molecular weight excluding hydrogens is 240 g/mol. The van der Waals surface area contributed by atoms with Crippen molar-refractivity contribution in [3.05, 3.63) is 23.8 Å². The van der Waals surface area contributed by atoms with Crippen molar-refractivity contribution in [3.8, 4) is 5.75 Å². The number of anilines is 1. The molecule has 2 rings (SSSR count). The number of likely N-dealkylation sites (tertiary alicyclic amines) is 1. The number of nitrogens with two attached hydrogens (primary N) is 1. The number of methoxy groups -OCH3 is 1. The fourth-order valence-corrected chi connectivity index (χ4v) is 2.63. The van der Waals surface area contributed by atoms with Crippen LogP contribution in [0.5, 0.6) is 5.75 Å². The average Bonchev–Trinajstić information content (AvgIpc) is 2.41. The van der Waals surface area contributed by atoms with Gasteiger partial charge >= 0.3 is 0 Å². The van der Waals surface area contributed by atoms with Gasteiger partial charge in [0.15, 0.2) is 0 Å². The number of rotatable bonds is 2. The third-order valence-electron chi connectivity index (χ3n) is 4.11. The van der Waals surface area contributed by atoms with E-state index in [-0.39, 0.29) is 11.9 Å². The number of amides is 1. The molecule has 1 aromatic carbocycles. The van der Waals surface area contributed by atoms with E-state index >= 15 is 0 Å². The van der Waals surface area contributed by atoms with E-state index in [1.54, 1.807) is 25.3 Å².